The minimum atomic E-state index is -0.973. The van der Waals surface area contributed by atoms with Gasteiger partial charge in [-0.2, -0.15) is 0 Å². The van der Waals surface area contributed by atoms with Crippen LogP contribution in [0.4, 0.5) is 4.79 Å². The number of rotatable bonds is 15. The van der Waals surface area contributed by atoms with Gasteiger partial charge in [0.2, 0.25) is 0 Å². The second kappa shape index (κ2) is 16.2. The van der Waals surface area contributed by atoms with Crippen molar-refractivity contribution in [1.29, 1.82) is 0 Å². The summed E-state index contributed by atoms with van der Waals surface area (Å²) >= 11 is 0. The number of methoxy groups -OCH3 is 1. The highest BCUT2D eigenvalue weighted by Crippen LogP contribution is 2.47. The first-order valence-corrected chi connectivity index (χ1v) is 16.9. The molecule has 0 saturated carbocycles. The zero-order valence-corrected chi connectivity index (χ0v) is 29.3. The number of ketones is 1. The quantitative estimate of drug-likeness (QED) is 0.0950. The Bertz CT molecular complexity index is 1640. The monoisotopic (exact) mass is 665 g/mol. The average Bonchev–Trinajstić information content (AvgIpc) is 3.42. The lowest BCUT2D eigenvalue weighted by atomic mass is 9.96. The topological polar surface area (TPSA) is 90.4 Å². The molecule has 9 heteroatoms. The molecule has 3 aromatic carbocycles. The summed E-state index contributed by atoms with van der Waals surface area (Å²) in [7, 11) is 1.36. The molecule has 0 spiro atoms. The summed E-state index contributed by atoms with van der Waals surface area (Å²) < 4.78 is 23.5. The van der Waals surface area contributed by atoms with Gasteiger partial charge in [0, 0.05) is 44.6 Å². The van der Waals surface area contributed by atoms with E-state index >= 15 is 0 Å². The second-order valence-corrected chi connectivity index (χ2v) is 12.9. The van der Waals surface area contributed by atoms with Crippen LogP contribution in [0, 0.1) is 0 Å². The maximum Gasteiger partial charge on any atom is 0.410 e. The first kappa shape index (κ1) is 35.7. The number of pyridine rings is 1. The van der Waals surface area contributed by atoms with E-state index < -0.39 is 30.1 Å². The highest BCUT2D eigenvalue weighted by Gasteiger charge is 2.43. The van der Waals surface area contributed by atoms with Crippen LogP contribution in [-0.4, -0.2) is 78.0 Å². The molecule has 5 rings (SSSR count). The van der Waals surface area contributed by atoms with Crippen LogP contribution >= 0.6 is 0 Å². The number of carbonyl (C=O) groups is 2. The molecule has 0 saturated heterocycles. The van der Waals surface area contributed by atoms with E-state index in [4.69, 9.17) is 18.9 Å². The standard InChI is InChI=1S/C40H47N3O6/c1-7-47-36(48-8-2)27-42(25-29-15-13-14-24-41-29)26-35(38(44)28-20-22-30(23-21-28)49-40(3,4)5)43(39(45)46-6)37-33-18-11-9-16-31(33)32-17-10-12-19-34(32)37/h9-24,35-37H,7-8,25-27H2,1-6H3. The van der Waals surface area contributed by atoms with Crippen molar-refractivity contribution in [2.75, 3.05) is 33.4 Å². The molecule has 4 aromatic rings. The lowest BCUT2D eigenvalue weighted by Crippen LogP contribution is -2.53. The third-order valence-electron chi connectivity index (χ3n) is 8.32. The Morgan fingerprint density at radius 3 is 1.92 bits per heavy atom. The normalized spacial score (nSPS) is 13.2. The van der Waals surface area contributed by atoms with Crippen LogP contribution in [0.3, 0.4) is 0 Å². The molecule has 0 bridgehead atoms. The zero-order chi connectivity index (χ0) is 35.0. The molecule has 9 nitrogen and oxygen atoms in total. The van der Waals surface area contributed by atoms with Crippen molar-refractivity contribution in [3.05, 3.63) is 120 Å². The number of Topliss-reactive ketones (excluding diaryl/α,β-unsaturated/α-hetero) is 1. The minimum Gasteiger partial charge on any atom is -0.488 e. The lowest BCUT2D eigenvalue weighted by Gasteiger charge is -2.38. The zero-order valence-electron chi connectivity index (χ0n) is 29.3. The largest absolute Gasteiger partial charge is 0.488 e. The molecule has 1 unspecified atom stereocenters. The SMILES string of the molecule is CCOC(CN(Cc1ccccn1)CC(C(=O)c1ccc(OC(C)(C)C)cc1)N(C(=O)OC)C1c2ccccc2-c2ccccc21)OCC. The van der Waals surface area contributed by atoms with Crippen LogP contribution in [0.5, 0.6) is 5.75 Å². The van der Waals surface area contributed by atoms with Gasteiger partial charge in [0.15, 0.2) is 12.1 Å². The number of benzene rings is 3. The molecule has 1 heterocycles. The molecule has 1 aromatic heterocycles. The lowest BCUT2D eigenvalue weighted by molar-refractivity contribution is -0.148. The molecule has 258 valence electrons. The molecule has 0 aliphatic heterocycles. The van der Waals surface area contributed by atoms with Crippen molar-refractivity contribution in [1.82, 2.24) is 14.8 Å². The summed E-state index contributed by atoms with van der Waals surface area (Å²) in [6, 6.07) is 27.3. The third kappa shape index (κ3) is 8.73. The highest BCUT2D eigenvalue weighted by atomic mass is 16.7. The van der Waals surface area contributed by atoms with Gasteiger partial charge in [0.05, 0.1) is 18.8 Å². The predicted octanol–water partition coefficient (Wildman–Crippen LogP) is 7.55. The van der Waals surface area contributed by atoms with Crippen LogP contribution < -0.4 is 4.74 Å². The van der Waals surface area contributed by atoms with Gasteiger partial charge < -0.3 is 18.9 Å². The number of amides is 1. The molecule has 0 N–H and O–H groups in total. The number of hydrogen-bond donors (Lipinski definition) is 0. The van der Waals surface area contributed by atoms with E-state index in [1.807, 2.05) is 89.2 Å². The first-order valence-electron chi connectivity index (χ1n) is 16.9. The Hall–Kier alpha value is -4.57. The van der Waals surface area contributed by atoms with Gasteiger partial charge in [0.25, 0.3) is 0 Å². The molecule has 49 heavy (non-hydrogen) atoms. The number of ether oxygens (including phenoxy) is 4. The van der Waals surface area contributed by atoms with Crippen LogP contribution in [0.25, 0.3) is 11.1 Å². The Labute approximate surface area is 289 Å². The van der Waals surface area contributed by atoms with Crippen molar-refractivity contribution in [3.63, 3.8) is 0 Å². The Balaban J connectivity index is 1.63. The maximum absolute atomic E-state index is 14.9. The second-order valence-electron chi connectivity index (χ2n) is 12.9. The van der Waals surface area contributed by atoms with Crippen LogP contribution in [0.2, 0.25) is 0 Å². The third-order valence-corrected chi connectivity index (χ3v) is 8.32. The van der Waals surface area contributed by atoms with Crippen molar-refractivity contribution < 1.29 is 28.5 Å². The van der Waals surface area contributed by atoms with Gasteiger partial charge in [0.1, 0.15) is 17.4 Å². The van der Waals surface area contributed by atoms with Crippen molar-refractivity contribution in [2.45, 2.75) is 65.1 Å². The number of fused-ring (bicyclic) bond motifs is 3. The average molecular weight is 666 g/mol. The first-order chi connectivity index (χ1) is 23.6. The smallest absolute Gasteiger partial charge is 0.410 e. The molecule has 1 aliphatic rings. The van der Waals surface area contributed by atoms with E-state index in [1.54, 1.807) is 35.4 Å². The van der Waals surface area contributed by atoms with Gasteiger partial charge >= 0.3 is 6.09 Å². The van der Waals surface area contributed by atoms with Gasteiger partial charge in [-0.1, -0.05) is 54.6 Å². The summed E-state index contributed by atoms with van der Waals surface area (Å²) in [5.41, 5.74) is 4.75. The Morgan fingerprint density at radius 2 is 1.39 bits per heavy atom. The number of hydrogen-bond acceptors (Lipinski definition) is 8. The summed E-state index contributed by atoms with van der Waals surface area (Å²) in [6.45, 7) is 11.6. The molecule has 1 amide bonds. The molecule has 0 fully saturated rings. The van der Waals surface area contributed by atoms with Crippen molar-refractivity contribution in [3.8, 4) is 16.9 Å². The van der Waals surface area contributed by atoms with E-state index in [1.165, 1.54) is 7.11 Å². The molecule has 1 aliphatic carbocycles. The van der Waals surface area contributed by atoms with E-state index in [9.17, 15) is 9.59 Å². The van der Waals surface area contributed by atoms with Crippen molar-refractivity contribution >= 4 is 11.9 Å². The highest BCUT2D eigenvalue weighted by molar-refractivity contribution is 6.02. The Kier molecular flexibility index (Phi) is 11.8. The van der Waals surface area contributed by atoms with Gasteiger partial charge in [-0.15, -0.1) is 0 Å². The summed E-state index contributed by atoms with van der Waals surface area (Å²) in [6.07, 6.45) is 0.585. The van der Waals surface area contributed by atoms with Crippen molar-refractivity contribution in [2.24, 2.45) is 0 Å². The van der Waals surface area contributed by atoms with Gasteiger partial charge in [-0.05, 0) is 93.3 Å². The summed E-state index contributed by atoms with van der Waals surface area (Å²) in [5.74, 6) is 0.419. The minimum absolute atomic E-state index is 0.155. The van der Waals surface area contributed by atoms with Crippen LogP contribution in [0.1, 0.15) is 67.8 Å². The van der Waals surface area contributed by atoms with E-state index in [2.05, 4.69) is 22.0 Å². The van der Waals surface area contributed by atoms with Gasteiger partial charge in [-0.3, -0.25) is 19.6 Å². The fraction of sp³-hybridized carbons (Fsp3) is 0.375. The summed E-state index contributed by atoms with van der Waals surface area (Å²) in [4.78, 5) is 37.3. The van der Waals surface area contributed by atoms with E-state index in [-0.39, 0.29) is 12.3 Å². The van der Waals surface area contributed by atoms with E-state index in [0.29, 0.717) is 37.6 Å². The fourth-order valence-corrected chi connectivity index (χ4v) is 6.38. The van der Waals surface area contributed by atoms with Crippen LogP contribution in [-0.2, 0) is 20.8 Å². The van der Waals surface area contributed by atoms with Crippen LogP contribution in [0.15, 0.2) is 97.2 Å². The molecular formula is C40H47N3O6. The number of carbonyl (C=O) groups excluding carboxylic acids is 2. The predicted molar refractivity (Wildman–Crippen MR) is 189 cm³/mol. The number of nitrogens with zero attached hydrogens (tertiary/aromatic N) is 3. The Morgan fingerprint density at radius 1 is 0.796 bits per heavy atom. The molecule has 1 atom stereocenters. The van der Waals surface area contributed by atoms with E-state index in [0.717, 1.165) is 27.9 Å². The van der Waals surface area contributed by atoms with Gasteiger partial charge in [-0.25, -0.2) is 4.79 Å². The maximum atomic E-state index is 14.9. The molecular weight excluding hydrogens is 618 g/mol. The summed E-state index contributed by atoms with van der Waals surface area (Å²) in [5, 5.41) is 0. The molecule has 0 radical (unpaired) electrons. The number of aromatic nitrogens is 1. The fourth-order valence-electron chi connectivity index (χ4n) is 6.38.